The van der Waals surface area contributed by atoms with E-state index in [1.807, 2.05) is 18.2 Å². The monoisotopic (exact) mass is 449 g/mol. The van der Waals surface area contributed by atoms with Crippen LogP contribution in [-0.2, 0) is 25.4 Å². The van der Waals surface area contributed by atoms with E-state index in [0.717, 1.165) is 16.5 Å². The lowest BCUT2D eigenvalue weighted by Crippen LogP contribution is -2.20. The van der Waals surface area contributed by atoms with Gasteiger partial charge in [-0.25, -0.2) is 0 Å². The number of nitrogens with one attached hydrogen (secondary N) is 1. The Morgan fingerprint density at radius 3 is 2.27 bits per heavy atom. The van der Waals surface area contributed by atoms with Crippen molar-refractivity contribution < 1.29 is 28.5 Å². The van der Waals surface area contributed by atoms with E-state index in [-0.39, 0.29) is 11.6 Å². The normalized spacial score (nSPS) is 12.6. The van der Waals surface area contributed by atoms with Crippen molar-refractivity contribution in [1.29, 1.82) is 0 Å². The van der Waals surface area contributed by atoms with E-state index in [0.29, 0.717) is 74.2 Å². The summed E-state index contributed by atoms with van der Waals surface area (Å²) in [7, 11) is 1.63. The maximum absolute atomic E-state index is 13.1. The Hall–Kier alpha value is -3.26. The molecule has 0 spiro atoms. The van der Waals surface area contributed by atoms with Gasteiger partial charge in [0.05, 0.1) is 50.1 Å². The molecule has 0 aliphatic heterocycles. The van der Waals surface area contributed by atoms with Crippen LogP contribution in [0.4, 0.5) is 0 Å². The molecule has 0 fully saturated rings. The molecule has 1 aliphatic carbocycles. The number of carbonyl (C=O) groups excluding carboxylic acids is 2. The van der Waals surface area contributed by atoms with Gasteiger partial charge in [-0.2, -0.15) is 0 Å². The van der Waals surface area contributed by atoms with Crippen LogP contribution in [0, 0.1) is 0 Å². The fourth-order valence-electron chi connectivity index (χ4n) is 3.89. The van der Waals surface area contributed by atoms with Gasteiger partial charge >= 0.3 is 0 Å². The van der Waals surface area contributed by atoms with Crippen LogP contribution in [0.1, 0.15) is 37.5 Å². The number of aromatic nitrogens is 1. The van der Waals surface area contributed by atoms with Gasteiger partial charge < -0.3 is 23.9 Å². The summed E-state index contributed by atoms with van der Waals surface area (Å²) < 4.78 is 21.4. The zero-order chi connectivity index (χ0) is 23.2. The number of hydrogen-bond acceptors (Lipinski definition) is 6. The molecule has 172 valence electrons. The summed E-state index contributed by atoms with van der Waals surface area (Å²) >= 11 is 0. The first-order chi connectivity index (χ1) is 16.1. The summed E-state index contributed by atoms with van der Waals surface area (Å²) in [5, 5.41) is 0.736. The molecule has 1 aromatic heterocycles. The number of methoxy groups -OCH3 is 1. The van der Waals surface area contributed by atoms with Crippen LogP contribution in [0.3, 0.4) is 0 Å². The van der Waals surface area contributed by atoms with Crippen molar-refractivity contribution in [2.75, 3.05) is 46.8 Å². The lowest BCUT2D eigenvalue weighted by molar-refractivity contribution is 0.0119. The Morgan fingerprint density at radius 2 is 1.55 bits per heavy atom. The largest absolute Gasteiger partial charge is 0.496 e. The van der Waals surface area contributed by atoms with E-state index in [1.165, 1.54) is 0 Å². The molecular formula is C26H27NO6. The summed E-state index contributed by atoms with van der Waals surface area (Å²) in [6.45, 7) is 6.93. The minimum atomic E-state index is -0.158. The highest BCUT2D eigenvalue weighted by Gasteiger charge is 2.32. The van der Waals surface area contributed by atoms with Crippen LogP contribution in [0.5, 0.6) is 0 Å². The number of ketones is 2. The van der Waals surface area contributed by atoms with Crippen LogP contribution in [-0.4, -0.2) is 63.3 Å². The van der Waals surface area contributed by atoms with Crippen molar-refractivity contribution in [1.82, 2.24) is 4.98 Å². The van der Waals surface area contributed by atoms with Gasteiger partial charge in [0.25, 0.3) is 0 Å². The molecule has 1 aliphatic rings. The van der Waals surface area contributed by atoms with Crippen LogP contribution < -0.4 is 0 Å². The molecule has 7 heteroatoms. The van der Waals surface area contributed by atoms with Crippen molar-refractivity contribution in [3.8, 4) is 0 Å². The molecule has 0 amide bonds. The SMILES string of the molecule is C=C(Cc1ccc2[nH]c3c(c2c1)C(=O)c1ccccc1C3=O)OCCOCCOCCOC. The first-order valence-electron chi connectivity index (χ1n) is 10.9. The Morgan fingerprint density at radius 1 is 0.879 bits per heavy atom. The summed E-state index contributed by atoms with van der Waals surface area (Å²) in [6.07, 6.45) is 0.495. The number of aromatic amines is 1. The smallest absolute Gasteiger partial charge is 0.210 e. The van der Waals surface area contributed by atoms with Gasteiger partial charge in [0, 0.05) is 35.6 Å². The fourth-order valence-corrected chi connectivity index (χ4v) is 3.89. The number of H-pyrrole nitrogens is 1. The molecule has 0 atom stereocenters. The molecular weight excluding hydrogens is 422 g/mol. The molecule has 4 rings (SSSR count). The average molecular weight is 450 g/mol. The third-order valence-corrected chi connectivity index (χ3v) is 5.47. The lowest BCUT2D eigenvalue weighted by atomic mass is 9.87. The average Bonchev–Trinajstić information content (AvgIpc) is 3.21. The lowest BCUT2D eigenvalue weighted by Gasteiger charge is -2.14. The van der Waals surface area contributed by atoms with E-state index in [9.17, 15) is 9.59 Å². The van der Waals surface area contributed by atoms with Crippen molar-refractivity contribution in [3.05, 3.63) is 82.8 Å². The van der Waals surface area contributed by atoms with Crippen LogP contribution in [0.2, 0.25) is 0 Å². The quantitative estimate of drug-likeness (QED) is 0.262. The standard InChI is InChI=1S/C26H27NO6/c1-17(33-14-13-32-12-11-31-10-9-30-2)15-18-7-8-22-21(16-18)23-24(27-22)26(29)20-6-4-3-5-19(20)25(23)28/h3-8,16,27H,1,9-15H2,2H3. The highest BCUT2D eigenvalue weighted by Crippen LogP contribution is 2.33. The molecule has 0 unspecified atom stereocenters. The summed E-state index contributed by atoms with van der Waals surface area (Å²) in [6, 6.07) is 12.7. The van der Waals surface area contributed by atoms with Crippen LogP contribution in [0.25, 0.3) is 10.9 Å². The number of allylic oxidation sites excluding steroid dienone is 1. The van der Waals surface area contributed by atoms with Gasteiger partial charge in [0.15, 0.2) is 5.78 Å². The van der Waals surface area contributed by atoms with Crippen molar-refractivity contribution in [2.45, 2.75) is 6.42 Å². The van der Waals surface area contributed by atoms with Gasteiger partial charge in [-0.3, -0.25) is 9.59 Å². The molecule has 3 aromatic rings. The third-order valence-electron chi connectivity index (χ3n) is 5.47. The molecule has 0 bridgehead atoms. The van der Waals surface area contributed by atoms with E-state index >= 15 is 0 Å². The van der Waals surface area contributed by atoms with Gasteiger partial charge in [0.1, 0.15) is 6.61 Å². The minimum absolute atomic E-state index is 0.137. The Balaban J connectivity index is 1.35. The Bertz CT molecular complexity index is 1180. The second-order valence-corrected chi connectivity index (χ2v) is 7.74. The summed E-state index contributed by atoms with van der Waals surface area (Å²) in [5.74, 6) is 0.309. The predicted octanol–water partition coefficient (Wildman–Crippen LogP) is 3.70. The highest BCUT2D eigenvalue weighted by atomic mass is 16.6. The topological polar surface area (TPSA) is 86.9 Å². The highest BCUT2D eigenvalue weighted by molar-refractivity contribution is 6.32. The zero-order valence-electron chi connectivity index (χ0n) is 18.6. The second-order valence-electron chi connectivity index (χ2n) is 7.74. The van der Waals surface area contributed by atoms with Crippen molar-refractivity contribution in [3.63, 3.8) is 0 Å². The number of carbonyl (C=O) groups is 2. The molecule has 0 radical (unpaired) electrons. The molecule has 1 N–H and O–H groups in total. The van der Waals surface area contributed by atoms with E-state index < -0.39 is 0 Å². The Kier molecular flexibility index (Phi) is 7.34. The predicted molar refractivity (Wildman–Crippen MR) is 124 cm³/mol. The molecule has 0 saturated carbocycles. The second kappa shape index (κ2) is 10.6. The first kappa shape index (κ1) is 22.9. The van der Waals surface area contributed by atoms with Gasteiger partial charge in [-0.15, -0.1) is 0 Å². The van der Waals surface area contributed by atoms with Gasteiger partial charge in [0.2, 0.25) is 5.78 Å². The maximum atomic E-state index is 13.1. The number of rotatable bonds is 12. The van der Waals surface area contributed by atoms with Gasteiger partial charge in [-0.1, -0.05) is 36.9 Å². The van der Waals surface area contributed by atoms with E-state index in [4.69, 9.17) is 18.9 Å². The molecule has 0 saturated heterocycles. The third kappa shape index (κ3) is 5.06. The molecule has 2 aromatic carbocycles. The van der Waals surface area contributed by atoms with Crippen LogP contribution >= 0.6 is 0 Å². The Labute approximate surface area is 192 Å². The van der Waals surface area contributed by atoms with Crippen molar-refractivity contribution in [2.24, 2.45) is 0 Å². The van der Waals surface area contributed by atoms with Crippen molar-refractivity contribution >= 4 is 22.5 Å². The minimum Gasteiger partial charge on any atom is -0.496 e. The van der Waals surface area contributed by atoms with Gasteiger partial charge in [-0.05, 0) is 17.7 Å². The zero-order valence-corrected chi connectivity index (χ0v) is 18.6. The summed E-state index contributed by atoms with van der Waals surface area (Å²) in [5.41, 5.74) is 3.37. The first-order valence-corrected chi connectivity index (χ1v) is 10.9. The molecule has 7 nitrogen and oxygen atoms in total. The summed E-state index contributed by atoms with van der Waals surface area (Å²) in [4.78, 5) is 29.2. The van der Waals surface area contributed by atoms with E-state index in [1.54, 1.807) is 31.4 Å². The number of ether oxygens (including phenoxy) is 4. The van der Waals surface area contributed by atoms with E-state index in [2.05, 4.69) is 11.6 Å². The maximum Gasteiger partial charge on any atom is 0.210 e. The number of fused-ring (bicyclic) bond motifs is 4. The number of hydrogen-bond donors (Lipinski definition) is 1. The number of benzene rings is 2. The fraction of sp³-hybridized carbons (Fsp3) is 0.308. The molecule has 1 heterocycles. The van der Waals surface area contributed by atoms with Crippen LogP contribution in [0.15, 0.2) is 54.8 Å². The molecule has 33 heavy (non-hydrogen) atoms.